The van der Waals surface area contributed by atoms with E-state index in [1.54, 1.807) is 18.2 Å². The minimum atomic E-state index is -0.455. The van der Waals surface area contributed by atoms with Crippen LogP contribution in [0.15, 0.2) is 53.5 Å². The van der Waals surface area contributed by atoms with Crippen LogP contribution in [0.4, 0.5) is 4.39 Å². The normalized spacial score (nSPS) is 15.5. The number of nitrogens with zero attached hydrogens (tertiary/aromatic N) is 2. The number of amides is 1. The first-order chi connectivity index (χ1) is 15.1. The number of benzene rings is 2. The molecule has 32 heavy (non-hydrogen) atoms. The summed E-state index contributed by atoms with van der Waals surface area (Å²) in [5.74, 6) is -0.0265. The molecule has 1 heterocycles. The van der Waals surface area contributed by atoms with Crippen molar-refractivity contribution >= 4 is 35.8 Å². The first-order valence-electron chi connectivity index (χ1n) is 10.5. The lowest BCUT2D eigenvalue weighted by atomic mass is 10.0. The van der Waals surface area contributed by atoms with Gasteiger partial charge in [0.1, 0.15) is 5.82 Å². The molecular formula is C23H31FIN5O2. The summed E-state index contributed by atoms with van der Waals surface area (Å²) in [6.07, 6.45) is 0. The minimum absolute atomic E-state index is 0. The van der Waals surface area contributed by atoms with E-state index in [-0.39, 0.29) is 35.8 Å². The maximum atomic E-state index is 13.4. The van der Waals surface area contributed by atoms with Gasteiger partial charge in [0.15, 0.2) is 5.96 Å². The summed E-state index contributed by atoms with van der Waals surface area (Å²) in [4.78, 5) is 18.4. The maximum Gasteiger partial charge on any atom is 0.248 e. The van der Waals surface area contributed by atoms with Crippen LogP contribution in [0.25, 0.3) is 0 Å². The maximum absolute atomic E-state index is 13.4. The van der Waals surface area contributed by atoms with Crippen molar-refractivity contribution < 1.29 is 13.9 Å². The molecule has 0 saturated carbocycles. The molecule has 0 spiro atoms. The third kappa shape index (κ3) is 7.72. The number of aliphatic imine (C=N–C) groups is 1. The van der Waals surface area contributed by atoms with Crippen molar-refractivity contribution in [3.05, 3.63) is 71.0 Å². The number of nitrogens with one attached hydrogen (secondary N) is 2. The number of nitrogens with two attached hydrogens (primary N) is 1. The number of carbonyl (C=O) groups excluding carboxylic acids is 1. The Balaban J connectivity index is 0.00000363. The van der Waals surface area contributed by atoms with Gasteiger partial charge in [0.05, 0.1) is 25.8 Å². The number of carbonyl (C=O) groups is 1. The number of halogens is 2. The Morgan fingerprint density at radius 2 is 1.91 bits per heavy atom. The predicted molar refractivity (Wildman–Crippen MR) is 135 cm³/mol. The molecule has 3 rings (SSSR count). The van der Waals surface area contributed by atoms with Crippen molar-refractivity contribution in [1.82, 2.24) is 15.5 Å². The second-order valence-electron chi connectivity index (χ2n) is 7.36. The van der Waals surface area contributed by atoms with E-state index in [1.165, 1.54) is 12.1 Å². The largest absolute Gasteiger partial charge is 0.379 e. The van der Waals surface area contributed by atoms with Crippen LogP contribution in [0.1, 0.15) is 34.5 Å². The molecule has 2 aromatic carbocycles. The van der Waals surface area contributed by atoms with Gasteiger partial charge in [-0.25, -0.2) is 9.38 Å². The highest BCUT2D eigenvalue weighted by Crippen LogP contribution is 2.21. The van der Waals surface area contributed by atoms with E-state index < -0.39 is 5.91 Å². The standard InChI is InChI=1S/C23H30FN5O2.HI/c1-2-26-23(27-15-17-4-3-5-19(14-17)22(25)30)28-16-21(29-10-12-31-13-11-29)18-6-8-20(24)9-7-18;/h3-9,14,21H,2,10-13,15-16H2,1H3,(H2,25,30)(H2,26,27,28);1H. The summed E-state index contributed by atoms with van der Waals surface area (Å²) >= 11 is 0. The van der Waals surface area contributed by atoms with Crippen LogP contribution >= 0.6 is 24.0 Å². The van der Waals surface area contributed by atoms with E-state index in [1.807, 2.05) is 25.1 Å². The Hall–Kier alpha value is -2.24. The zero-order valence-electron chi connectivity index (χ0n) is 18.2. The number of hydrogen-bond donors (Lipinski definition) is 3. The molecule has 1 amide bonds. The molecule has 1 aliphatic heterocycles. The molecule has 0 aliphatic carbocycles. The average molecular weight is 555 g/mol. The molecule has 7 nitrogen and oxygen atoms in total. The second kappa shape index (κ2) is 13.3. The van der Waals surface area contributed by atoms with E-state index in [0.29, 0.717) is 44.4 Å². The van der Waals surface area contributed by atoms with Gasteiger partial charge in [0.2, 0.25) is 5.91 Å². The molecule has 4 N–H and O–H groups in total. The zero-order valence-corrected chi connectivity index (χ0v) is 20.6. The van der Waals surface area contributed by atoms with E-state index in [4.69, 9.17) is 10.5 Å². The van der Waals surface area contributed by atoms with Crippen LogP contribution in [0.5, 0.6) is 0 Å². The van der Waals surface area contributed by atoms with E-state index in [9.17, 15) is 9.18 Å². The highest BCUT2D eigenvalue weighted by molar-refractivity contribution is 14.0. The Morgan fingerprint density at radius 1 is 1.19 bits per heavy atom. The number of rotatable bonds is 8. The van der Waals surface area contributed by atoms with Crippen LogP contribution in [0.3, 0.4) is 0 Å². The van der Waals surface area contributed by atoms with E-state index >= 15 is 0 Å². The van der Waals surface area contributed by atoms with Crippen LogP contribution in [-0.4, -0.2) is 56.2 Å². The Bertz CT molecular complexity index is 888. The van der Waals surface area contributed by atoms with Crippen LogP contribution in [-0.2, 0) is 11.3 Å². The number of hydrogen-bond acceptors (Lipinski definition) is 4. The number of guanidine groups is 1. The van der Waals surface area contributed by atoms with Gasteiger partial charge in [0, 0.05) is 31.7 Å². The van der Waals surface area contributed by atoms with Gasteiger partial charge in [-0.3, -0.25) is 9.69 Å². The lowest BCUT2D eigenvalue weighted by Crippen LogP contribution is -2.46. The van der Waals surface area contributed by atoms with Gasteiger partial charge in [-0.15, -0.1) is 24.0 Å². The first-order valence-corrected chi connectivity index (χ1v) is 10.5. The molecule has 1 atom stereocenters. The fourth-order valence-corrected chi connectivity index (χ4v) is 3.56. The topological polar surface area (TPSA) is 92.0 Å². The van der Waals surface area contributed by atoms with Crippen LogP contribution < -0.4 is 16.4 Å². The molecule has 1 fully saturated rings. The molecule has 2 aromatic rings. The van der Waals surface area contributed by atoms with Crippen LogP contribution in [0.2, 0.25) is 0 Å². The van der Waals surface area contributed by atoms with Crippen molar-refractivity contribution in [3.63, 3.8) is 0 Å². The van der Waals surface area contributed by atoms with Gasteiger partial charge >= 0.3 is 0 Å². The summed E-state index contributed by atoms with van der Waals surface area (Å²) in [6, 6.07) is 13.9. The lowest BCUT2D eigenvalue weighted by Gasteiger charge is -2.35. The van der Waals surface area contributed by atoms with Crippen LogP contribution in [0, 0.1) is 5.82 Å². The summed E-state index contributed by atoms with van der Waals surface area (Å²) in [5.41, 5.74) is 7.78. The quantitative estimate of drug-likeness (QED) is 0.265. The molecule has 9 heteroatoms. The third-order valence-electron chi connectivity index (χ3n) is 5.18. The molecule has 0 aromatic heterocycles. The van der Waals surface area contributed by atoms with Gasteiger partial charge in [-0.1, -0.05) is 24.3 Å². The predicted octanol–water partition coefficient (Wildman–Crippen LogP) is 2.67. The molecule has 0 bridgehead atoms. The van der Waals surface area contributed by atoms with Gasteiger partial charge < -0.3 is 21.1 Å². The molecule has 1 saturated heterocycles. The van der Waals surface area contributed by atoms with Crippen molar-refractivity contribution in [2.75, 3.05) is 39.4 Å². The summed E-state index contributed by atoms with van der Waals surface area (Å²) in [5, 5.41) is 6.66. The van der Waals surface area contributed by atoms with Crippen molar-refractivity contribution in [1.29, 1.82) is 0 Å². The first kappa shape index (κ1) is 26.0. The lowest BCUT2D eigenvalue weighted by molar-refractivity contribution is 0.0170. The van der Waals surface area contributed by atoms with E-state index in [2.05, 4.69) is 20.5 Å². The van der Waals surface area contributed by atoms with E-state index in [0.717, 1.165) is 24.2 Å². The summed E-state index contributed by atoms with van der Waals surface area (Å²) in [6.45, 7) is 6.74. The number of primary amides is 1. The SMILES string of the molecule is CCNC(=NCc1cccc(C(N)=O)c1)NCC(c1ccc(F)cc1)N1CCOCC1.I. The van der Waals surface area contributed by atoms with Crippen molar-refractivity contribution in [3.8, 4) is 0 Å². The van der Waals surface area contributed by atoms with Gasteiger partial charge in [-0.2, -0.15) is 0 Å². The van der Waals surface area contributed by atoms with Crippen molar-refractivity contribution in [2.24, 2.45) is 10.7 Å². The summed E-state index contributed by atoms with van der Waals surface area (Å²) < 4.78 is 18.9. The molecule has 1 unspecified atom stereocenters. The molecule has 0 radical (unpaired) electrons. The highest BCUT2D eigenvalue weighted by Gasteiger charge is 2.23. The summed E-state index contributed by atoms with van der Waals surface area (Å²) in [7, 11) is 0. The molecule has 174 valence electrons. The van der Waals surface area contributed by atoms with Gasteiger partial charge in [-0.05, 0) is 42.3 Å². The molecule has 1 aliphatic rings. The number of ether oxygens (including phenoxy) is 1. The van der Waals surface area contributed by atoms with Gasteiger partial charge in [0.25, 0.3) is 0 Å². The molecular weight excluding hydrogens is 524 g/mol. The average Bonchev–Trinajstić information content (AvgIpc) is 2.79. The Kier molecular flexibility index (Phi) is 10.8. The van der Waals surface area contributed by atoms with Crippen molar-refractivity contribution in [2.45, 2.75) is 19.5 Å². The third-order valence-corrected chi connectivity index (χ3v) is 5.18. The fourth-order valence-electron chi connectivity index (χ4n) is 3.56. The fraction of sp³-hybridized carbons (Fsp3) is 0.391. The Morgan fingerprint density at radius 3 is 2.56 bits per heavy atom. The number of morpholine rings is 1. The Labute approximate surface area is 205 Å². The minimum Gasteiger partial charge on any atom is -0.379 e. The smallest absolute Gasteiger partial charge is 0.248 e. The second-order valence-corrected chi connectivity index (χ2v) is 7.36. The zero-order chi connectivity index (χ0) is 22.1. The highest BCUT2D eigenvalue weighted by atomic mass is 127. The monoisotopic (exact) mass is 555 g/mol.